The maximum absolute atomic E-state index is 4.45. The van der Waals surface area contributed by atoms with Crippen LogP contribution < -0.4 is 5.32 Å². The Morgan fingerprint density at radius 1 is 1.21 bits per heavy atom. The van der Waals surface area contributed by atoms with E-state index in [4.69, 9.17) is 0 Å². The molecular formula is C16H27N3. The second-order valence-electron chi connectivity index (χ2n) is 6.41. The molecule has 2 aliphatic rings. The Labute approximate surface area is 116 Å². The lowest BCUT2D eigenvalue weighted by atomic mass is 9.84. The Morgan fingerprint density at radius 3 is 2.79 bits per heavy atom. The first-order chi connectivity index (χ1) is 9.36. The zero-order chi connectivity index (χ0) is 13.1. The van der Waals surface area contributed by atoms with Gasteiger partial charge in [-0.05, 0) is 45.1 Å². The largest absolute Gasteiger partial charge is 0.331 e. The van der Waals surface area contributed by atoms with Crippen LogP contribution in [0.2, 0.25) is 0 Å². The number of aromatic nitrogens is 2. The summed E-state index contributed by atoms with van der Waals surface area (Å²) in [6.07, 6.45) is 13.9. The number of imidazole rings is 1. The highest BCUT2D eigenvalue weighted by molar-refractivity contribution is 5.10. The molecule has 19 heavy (non-hydrogen) atoms. The third-order valence-corrected chi connectivity index (χ3v) is 5.18. The molecule has 1 aliphatic carbocycles. The van der Waals surface area contributed by atoms with Crippen molar-refractivity contribution in [1.29, 1.82) is 0 Å². The van der Waals surface area contributed by atoms with E-state index in [9.17, 15) is 0 Å². The quantitative estimate of drug-likeness (QED) is 0.902. The van der Waals surface area contributed by atoms with Crippen molar-refractivity contribution in [2.45, 2.75) is 63.8 Å². The highest BCUT2D eigenvalue weighted by Gasteiger charge is 2.25. The molecular weight excluding hydrogens is 234 g/mol. The first-order valence-corrected chi connectivity index (χ1v) is 8.08. The fourth-order valence-electron chi connectivity index (χ4n) is 3.92. The average molecular weight is 261 g/mol. The first-order valence-electron chi connectivity index (χ1n) is 8.08. The van der Waals surface area contributed by atoms with E-state index in [1.807, 2.05) is 0 Å². The van der Waals surface area contributed by atoms with Gasteiger partial charge in [0, 0.05) is 30.4 Å². The molecule has 1 aromatic rings. The fourth-order valence-corrected chi connectivity index (χ4v) is 3.92. The van der Waals surface area contributed by atoms with Crippen molar-refractivity contribution in [2.75, 3.05) is 13.1 Å². The van der Waals surface area contributed by atoms with Gasteiger partial charge in [0.25, 0.3) is 0 Å². The molecule has 3 heteroatoms. The van der Waals surface area contributed by atoms with Crippen molar-refractivity contribution >= 4 is 0 Å². The van der Waals surface area contributed by atoms with E-state index in [0.717, 1.165) is 12.5 Å². The molecule has 2 fully saturated rings. The monoisotopic (exact) mass is 261 g/mol. The van der Waals surface area contributed by atoms with Gasteiger partial charge in [0.05, 0.1) is 6.33 Å². The van der Waals surface area contributed by atoms with Crippen molar-refractivity contribution in [3.8, 4) is 0 Å². The van der Waals surface area contributed by atoms with Gasteiger partial charge in [-0.3, -0.25) is 0 Å². The minimum atomic E-state index is 0.625. The van der Waals surface area contributed by atoms with Crippen molar-refractivity contribution in [3.63, 3.8) is 0 Å². The van der Waals surface area contributed by atoms with Gasteiger partial charge in [-0.25, -0.2) is 4.98 Å². The predicted molar refractivity (Wildman–Crippen MR) is 78.4 cm³/mol. The van der Waals surface area contributed by atoms with E-state index < -0.39 is 0 Å². The van der Waals surface area contributed by atoms with Crippen molar-refractivity contribution in [2.24, 2.45) is 5.92 Å². The van der Waals surface area contributed by atoms with Gasteiger partial charge in [-0.2, -0.15) is 0 Å². The molecule has 1 saturated carbocycles. The molecule has 2 unspecified atom stereocenters. The summed E-state index contributed by atoms with van der Waals surface area (Å²) in [5.41, 5.74) is 1.46. The minimum absolute atomic E-state index is 0.625. The van der Waals surface area contributed by atoms with Crippen LogP contribution >= 0.6 is 0 Å². The van der Waals surface area contributed by atoms with Crippen LogP contribution in [0.3, 0.4) is 0 Å². The van der Waals surface area contributed by atoms with Crippen LogP contribution in [-0.4, -0.2) is 22.6 Å². The summed E-state index contributed by atoms with van der Waals surface area (Å²) < 4.78 is 2.48. The molecule has 0 radical (unpaired) electrons. The molecule has 0 bridgehead atoms. The van der Waals surface area contributed by atoms with E-state index in [1.165, 1.54) is 57.2 Å². The summed E-state index contributed by atoms with van der Waals surface area (Å²) in [4.78, 5) is 4.45. The molecule has 1 N–H and O–H groups in total. The van der Waals surface area contributed by atoms with Gasteiger partial charge in [-0.15, -0.1) is 0 Å². The predicted octanol–water partition coefficient (Wildman–Crippen LogP) is 3.49. The number of nitrogens with zero attached hydrogens (tertiary/aromatic N) is 2. The SMILES string of the molecule is CC(C1CCCCC1)n1cncc1C1CCCNC1. The molecule has 1 aromatic heterocycles. The van der Waals surface area contributed by atoms with Crippen LogP contribution in [0.15, 0.2) is 12.5 Å². The maximum Gasteiger partial charge on any atom is 0.0950 e. The van der Waals surface area contributed by atoms with E-state index in [-0.39, 0.29) is 0 Å². The lowest BCUT2D eigenvalue weighted by Crippen LogP contribution is -2.30. The number of rotatable bonds is 3. The van der Waals surface area contributed by atoms with E-state index >= 15 is 0 Å². The second-order valence-corrected chi connectivity index (χ2v) is 6.41. The summed E-state index contributed by atoms with van der Waals surface area (Å²) in [7, 11) is 0. The fraction of sp³-hybridized carbons (Fsp3) is 0.812. The highest BCUT2D eigenvalue weighted by atomic mass is 15.1. The summed E-state index contributed by atoms with van der Waals surface area (Å²) in [6, 6.07) is 0.625. The minimum Gasteiger partial charge on any atom is -0.331 e. The van der Waals surface area contributed by atoms with Crippen molar-refractivity contribution < 1.29 is 0 Å². The summed E-state index contributed by atoms with van der Waals surface area (Å²) in [5.74, 6) is 1.53. The molecule has 0 aromatic carbocycles. The zero-order valence-electron chi connectivity index (χ0n) is 12.1. The van der Waals surface area contributed by atoms with Gasteiger partial charge in [0.2, 0.25) is 0 Å². The molecule has 1 aliphatic heterocycles. The third-order valence-electron chi connectivity index (χ3n) is 5.18. The number of nitrogens with one attached hydrogen (secondary N) is 1. The second kappa shape index (κ2) is 6.08. The van der Waals surface area contributed by atoms with E-state index in [0.29, 0.717) is 12.0 Å². The zero-order valence-corrected chi connectivity index (χ0v) is 12.1. The van der Waals surface area contributed by atoms with Gasteiger partial charge >= 0.3 is 0 Å². The smallest absolute Gasteiger partial charge is 0.0950 e. The average Bonchev–Trinajstić information content (AvgIpc) is 2.98. The lowest BCUT2D eigenvalue weighted by molar-refractivity contribution is 0.256. The van der Waals surface area contributed by atoms with Gasteiger partial charge in [-0.1, -0.05) is 19.3 Å². The van der Waals surface area contributed by atoms with Gasteiger partial charge < -0.3 is 9.88 Å². The normalized spacial score (nSPS) is 27.3. The van der Waals surface area contributed by atoms with Crippen LogP contribution in [-0.2, 0) is 0 Å². The Bertz CT molecular complexity index is 386. The number of piperidine rings is 1. The maximum atomic E-state index is 4.45. The summed E-state index contributed by atoms with van der Waals surface area (Å²) in [6.45, 7) is 4.71. The number of hydrogen-bond acceptors (Lipinski definition) is 2. The Kier molecular flexibility index (Phi) is 4.21. The lowest BCUT2D eigenvalue weighted by Gasteiger charge is -2.32. The molecule has 2 atom stereocenters. The molecule has 1 saturated heterocycles. The van der Waals surface area contributed by atoms with Crippen LogP contribution in [0.1, 0.15) is 69.5 Å². The van der Waals surface area contributed by atoms with E-state index in [2.05, 4.69) is 34.3 Å². The van der Waals surface area contributed by atoms with Crippen LogP contribution in [0, 0.1) is 5.92 Å². The Balaban J connectivity index is 1.74. The molecule has 106 valence electrons. The Hall–Kier alpha value is -0.830. The highest BCUT2D eigenvalue weighted by Crippen LogP contribution is 2.35. The Morgan fingerprint density at radius 2 is 2.05 bits per heavy atom. The topological polar surface area (TPSA) is 29.9 Å². The molecule has 3 nitrogen and oxygen atoms in total. The van der Waals surface area contributed by atoms with Gasteiger partial charge in [0.1, 0.15) is 0 Å². The third kappa shape index (κ3) is 2.86. The number of hydrogen-bond donors (Lipinski definition) is 1. The van der Waals surface area contributed by atoms with Gasteiger partial charge in [0.15, 0.2) is 0 Å². The van der Waals surface area contributed by atoms with Crippen LogP contribution in [0.5, 0.6) is 0 Å². The van der Waals surface area contributed by atoms with Crippen molar-refractivity contribution in [1.82, 2.24) is 14.9 Å². The van der Waals surface area contributed by atoms with Crippen LogP contribution in [0.4, 0.5) is 0 Å². The standard InChI is InChI=1S/C16H27N3/c1-13(14-6-3-2-4-7-14)19-12-18-11-16(19)15-8-5-9-17-10-15/h11-15,17H,2-10H2,1H3. The molecule has 0 spiro atoms. The first kappa shape index (κ1) is 13.2. The molecule has 3 rings (SSSR count). The molecule has 0 amide bonds. The molecule has 2 heterocycles. The summed E-state index contributed by atoms with van der Waals surface area (Å²) in [5, 5.41) is 3.53. The summed E-state index contributed by atoms with van der Waals surface area (Å²) >= 11 is 0. The van der Waals surface area contributed by atoms with E-state index in [1.54, 1.807) is 0 Å². The van der Waals surface area contributed by atoms with Crippen molar-refractivity contribution in [3.05, 3.63) is 18.2 Å². The van der Waals surface area contributed by atoms with Crippen LogP contribution in [0.25, 0.3) is 0 Å².